The van der Waals surface area contributed by atoms with Crippen molar-refractivity contribution in [1.29, 1.82) is 0 Å². The van der Waals surface area contributed by atoms with E-state index in [9.17, 15) is 4.79 Å². The second kappa shape index (κ2) is 5.54. The van der Waals surface area contributed by atoms with E-state index in [1.807, 2.05) is 42.5 Å². The Labute approximate surface area is 121 Å². The van der Waals surface area contributed by atoms with Crippen LogP contribution in [-0.4, -0.2) is 16.4 Å². The molecule has 2 aromatic rings. The summed E-state index contributed by atoms with van der Waals surface area (Å²) >= 11 is 1.55. The number of benzene rings is 2. The first-order valence-corrected chi connectivity index (χ1v) is 7.45. The van der Waals surface area contributed by atoms with E-state index < -0.39 is 0 Å². The first-order valence-electron chi connectivity index (χ1n) is 6.57. The summed E-state index contributed by atoms with van der Waals surface area (Å²) in [6.07, 6.45) is 0.960. The Morgan fingerprint density at radius 3 is 2.90 bits per heavy atom. The van der Waals surface area contributed by atoms with Crippen LogP contribution < -0.4 is 10.7 Å². The van der Waals surface area contributed by atoms with Gasteiger partial charge in [-0.15, -0.1) is 0 Å². The summed E-state index contributed by atoms with van der Waals surface area (Å²) in [5.74, 6) is -0.119. The van der Waals surface area contributed by atoms with Gasteiger partial charge in [-0.25, -0.2) is 0 Å². The van der Waals surface area contributed by atoms with Crippen molar-refractivity contribution < 1.29 is 4.79 Å². The van der Waals surface area contributed by atoms with Crippen molar-refractivity contribution >= 4 is 33.6 Å². The molecule has 0 spiro atoms. The molecule has 1 aliphatic rings. The molecule has 0 aliphatic carbocycles. The second-order valence-electron chi connectivity index (χ2n) is 4.54. The quantitative estimate of drug-likeness (QED) is 0.892. The Balaban J connectivity index is 1.83. The number of hydrogen-bond donors (Lipinski definition) is 2. The van der Waals surface area contributed by atoms with Gasteiger partial charge < -0.3 is 0 Å². The first kappa shape index (κ1) is 13.0. The summed E-state index contributed by atoms with van der Waals surface area (Å²) in [5.41, 5.74) is 3.66. The third-order valence-corrected chi connectivity index (χ3v) is 4.33. The van der Waals surface area contributed by atoms with Crippen molar-refractivity contribution in [2.24, 2.45) is 5.10 Å². The third-order valence-electron chi connectivity index (χ3n) is 3.19. The average molecular weight is 285 g/mol. The molecule has 0 fully saturated rings. The smallest absolute Gasteiger partial charge is 0.257 e. The zero-order valence-corrected chi connectivity index (χ0v) is 11.9. The van der Waals surface area contributed by atoms with E-state index in [-0.39, 0.29) is 11.3 Å². The maximum absolute atomic E-state index is 12.4. The van der Waals surface area contributed by atoms with E-state index in [1.165, 1.54) is 0 Å². The molecule has 2 N–H and O–H groups in total. The largest absolute Gasteiger partial charge is 0.300 e. The molecule has 1 heterocycles. The highest BCUT2D eigenvalue weighted by atomic mass is 32.2. The predicted molar refractivity (Wildman–Crippen MR) is 83.7 cm³/mol. The fourth-order valence-corrected chi connectivity index (χ4v) is 2.94. The lowest BCUT2D eigenvalue weighted by atomic mass is 10.0. The van der Waals surface area contributed by atoms with E-state index in [0.717, 1.165) is 17.2 Å². The van der Waals surface area contributed by atoms with Gasteiger partial charge in [0.2, 0.25) is 0 Å². The summed E-state index contributed by atoms with van der Waals surface area (Å²) in [5, 5.41) is 9.89. The van der Waals surface area contributed by atoms with Crippen molar-refractivity contribution in [1.82, 2.24) is 10.7 Å². The number of hydrazone groups is 1. The molecule has 5 heteroatoms. The number of carbonyl (C=O) groups is 1. The Morgan fingerprint density at radius 1 is 1.30 bits per heavy atom. The van der Waals surface area contributed by atoms with Crippen LogP contribution in [0.15, 0.2) is 47.6 Å². The Bertz CT molecular complexity index is 678. The van der Waals surface area contributed by atoms with Gasteiger partial charge in [0.25, 0.3) is 5.91 Å². The molecule has 4 nitrogen and oxygen atoms in total. The molecular weight excluding hydrogens is 270 g/mol. The Hall–Kier alpha value is -2.01. The molecule has 2 aromatic carbocycles. The number of nitrogens with one attached hydrogen (secondary N) is 2. The second-order valence-corrected chi connectivity index (χ2v) is 5.73. The number of amidine groups is 1. The minimum absolute atomic E-state index is 0.119. The lowest BCUT2D eigenvalue weighted by molar-refractivity contribution is 0.0979. The van der Waals surface area contributed by atoms with E-state index >= 15 is 0 Å². The summed E-state index contributed by atoms with van der Waals surface area (Å²) < 4.78 is 0. The fraction of sp³-hybridized carbons (Fsp3) is 0.200. The molecule has 20 heavy (non-hydrogen) atoms. The van der Waals surface area contributed by atoms with Gasteiger partial charge in [0, 0.05) is 5.56 Å². The van der Waals surface area contributed by atoms with Gasteiger partial charge in [-0.2, -0.15) is 5.10 Å². The molecule has 0 aromatic heterocycles. The van der Waals surface area contributed by atoms with E-state index in [2.05, 4.69) is 22.8 Å². The van der Waals surface area contributed by atoms with Crippen molar-refractivity contribution in [2.75, 3.05) is 0 Å². The molecule has 1 aliphatic heterocycles. The van der Waals surface area contributed by atoms with Crippen LogP contribution in [0, 0.1) is 0 Å². The van der Waals surface area contributed by atoms with Crippen LogP contribution in [0.4, 0.5) is 0 Å². The highest BCUT2D eigenvalue weighted by molar-refractivity contribution is 8.14. The number of carbonyl (C=O) groups excluding carboxylic acids is 1. The lowest BCUT2D eigenvalue weighted by Crippen LogP contribution is -2.27. The fourth-order valence-electron chi connectivity index (χ4n) is 2.14. The predicted octanol–water partition coefficient (Wildman–Crippen LogP) is 2.91. The minimum atomic E-state index is -0.119. The van der Waals surface area contributed by atoms with Crippen LogP contribution in [0.3, 0.4) is 0 Å². The van der Waals surface area contributed by atoms with Crippen LogP contribution in [0.25, 0.3) is 10.8 Å². The topological polar surface area (TPSA) is 53.5 Å². The van der Waals surface area contributed by atoms with E-state index in [1.54, 1.807) is 11.8 Å². The molecule has 0 saturated carbocycles. The molecule has 0 radical (unpaired) electrons. The van der Waals surface area contributed by atoms with Crippen LogP contribution in [0.2, 0.25) is 0 Å². The summed E-state index contributed by atoms with van der Waals surface area (Å²) in [6.45, 7) is 2.08. The monoisotopic (exact) mass is 285 g/mol. The normalized spacial score (nSPS) is 17.6. The number of nitrogens with zero attached hydrogens (tertiary/aromatic N) is 1. The van der Waals surface area contributed by atoms with Gasteiger partial charge in [-0.05, 0) is 23.3 Å². The van der Waals surface area contributed by atoms with Crippen LogP contribution >= 0.6 is 11.8 Å². The Kier molecular flexibility index (Phi) is 3.60. The average Bonchev–Trinajstić information content (AvgIpc) is 2.94. The molecule has 0 saturated heterocycles. The molecule has 1 unspecified atom stereocenters. The standard InChI is InChI=1S/C15H15N3OS/c1-2-13-17-18-15(20-13)16-14(19)12-9-5-7-10-6-3-4-8-11(10)12/h3-9,13,17H,2H2,1H3,(H,16,18,19). The van der Waals surface area contributed by atoms with Crippen molar-refractivity contribution in [3.8, 4) is 0 Å². The van der Waals surface area contributed by atoms with Gasteiger partial charge in [0.1, 0.15) is 0 Å². The van der Waals surface area contributed by atoms with Gasteiger partial charge in [-0.1, -0.05) is 55.1 Å². The molecule has 1 atom stereocenters. The van der Waals surface area contributed by atoms with E-state index in [0.29, 0.717) is 10.7 Å². The number of rotatable bonds is 2. The maximum atomic E-state index is 12.4. The molecule has 3 rings (SSSR count). The van der Waals surface area contributed by atoms with Crippen molar-refractivity contribution in [3.05, 3.63) is 48.0 Å². The van der Waals surface area contributed by atoms with Gasteiger partial charge in [0.15, 0.2) is 5.17 Å². The highest BCUT2D eigenvalue weighted by Crippen LogP contribution is 2.21. The van der Waals surface area contributed by atoms with Gasteiger partial charge in [0.05, 0.1) is 5.37 Å². The maximum Gasteiger partial charge on any atom is 0.257 e. The van der Waals surface area contributed by atoms with Gasteiger partial charge >= 0.3 is 0 Å². The van der Waals surface area contributed by atoms with Crippen LogP contribution in [0.1, 0.15) is 23.7 Å². The molecule has 102 valence electrons. The molecule has 0 bridgehead atoms. The third kappa shape index (κ3) is 2.49. The highest BCUT2D eigenvalue weighted by Gasteiger charge is 2.20. The zero-order chi connectivity index (χ0) is 13.9. The van der Waals surface area contributed by atoms with E-state index in [4.69, 9.17) is 0 Å². The lowest BCUT2D eigenvalue weighted by Gasteiger charge is -2.07. The minimum Gasteiger partial charge on any atom is -0.300 e. The van der Waals surface area contributed by atoms with Gasteiger partial charge in [-0.3, -0.25) is 15.5 Å². The number of thioether (sulfide) groups is 1. The number of amides is 1. The Morgan fingerprint density at radius 2 is 2.10 bits per heavy atom. The van der Waals surface area contributed by atoms with Crippen LogP contribution in [-0.2, 0) is 0 Å². The molecule has 1 amide bonds. The zero-order valence-electron chi connectivity index (χ0n) is 11.1. The number of hydrogen-bond acceptors (Lipinski definition) is 4. The summed E-state index contributed by atoms with van der Waals surface area (Å²) in [7, 11) is 0. The number of fused-ring (bicyclic) bond motifs is 1. The van der Waals surface area contributed by atoms with Crippen molar-refractivity contribution in [2.45, 2.75) is 18.7 Å². The van der Waals surface area contributed by atoms with Crippen LogP contribution in [0.5, 0.6) is 0 Å². The summed E-state index contributed by atoms with van der Waals surface area (Å²) in [4.78, 5) is 12.4. The molecular formula is C15H15N3OS. The first-order chi connectivity index (χ1) is 9.78. The van der Waals surface area contributed by atoms with Crippen molar-refractivity contribution in [3.63, 3.8) is 0 Å². The summed E-state index contributed by atoms with van der Waals surface area (Å²) in [6, 6.07) is 13.6. The SMILES string of the molecule is CCC1NN=C(NC(=O)c2cccc3ccccc23)S1.